The van der Waals surface area contributed by atoms with E-state index in [1.54, 1.807) is 43.3 Å². The van der Waals surface area contributed by atoms with Crippen LogP contribution < -0.4 is 10.3 Å². The second-order valence-electron chi connectivity index (χ2n) is 7.76. The summed E-state index contributed by atoms with van der Waals surface area (Å²) in [6.07, 6.45) is 0. The molecule has 0 radical (unpaired) electrons. The third kappa shape index (κ3) is 2.63. The smallest absolute Gasteiger partial charge is 0.296 e. The molecule has 1 aliphatic heterocycles. The number of halogens is 1. The molecule has 1 atom stereocenters. The predicted octanol–water partition coefficient (Wildman–Crippen LogP) is 5.65. The van der Waals surface area contributed by atoms with Crippen molar-refractivity contribution < 1.29 is 13.7 Å². The lowest BCUT2D eigenvalue weighted by atomic mass is 9.97. The first-order chi connectivity index (χ1) is 15.5. The van der Waals surface area contributed by atoms with Gasteiger partial charge < -0.3 is 8.94 Å². The van der Waals surface area contributed by atoms with Gasteiger partial charge in [-0.1, -0.05) is 59.2 Å². The second-order valence-corrected chi connectivity index (χ2v) is 8.20. The maximum atomic E-state index is 13.7. The summed E-state index contributed by atoms with van der Waals surface area (Å²) in [6.45, 7) is 1.74. The normalized spacial score (nSPS) is 15.6. The first-order valence-electron chi connectivity index (χ1n) is 10.0. The number of nitrogens with zero attached hydrogens (tertiary/aromatic N) is 2. The highest BCUT2D eigenvalue weighted by Gasteiger charge is 2.45. The van der Waals surface area contributed by atoms with Crippen molar-refractivity contribution in [3.63, 3.8) is 0 Å². The van der Waals surface area contributed by atoms with Crippen LogP contribution in [0.1, 0.15) is 33.5 Å². The number of aromatic nitrogens is 1. The topological polar surface area (TPSA) is 76.6 Å². The van der Waals surface area contributed by atoms with E-state index < -0.39 is 11.9 Å². The zero-order chi connectivity index (χ0) is 22.0. The van der Waals surface area contributed by atoms with Gasteiger partial charge in [0, 0.05) is 16.5 Å². The van der Waals surface area contributed by atoms with Gasteiger partial charge in [-0.05, 0) is 36.1 Å². The zero-order valence-electron chi connectivity index (χ0n) is 16.8. The molecule has 156 valence electrons. The monoisotopic (exact) mass is 442 g/mol. The fraction of sp³-hybridized carbons (Fsp3) is 0.0800. The molecule has 6 rings (SSSR count). The van der Waals surface area contributed by atoms with Crippen molar-refractivity contribution in [3.8, 4) is 0 Å². The lowest BCUT2D eigenvalue weighted by Crippen LogP contribution is -2.29. The highest BCUT2D eigenvalue weighted by atomic mass is 35.5. The van der Waals surface area contributed by atoms with Crippen LogP contribution in [0.3, 0.4) is 0 Å². The number of carbonyl (C=O) groups is 1. The van der Waals surface area contributed by atoms with E-state index in [2.05, 4.69) is 5.16 Å². The third-order valence-electron chi connectivity index (χ3n) is 5.81. The first kappa shape index (κ1) is 18.8. The molecule has 1 aliphatic rings. The van der Waals surface area contributed by atoms with Gasteiger partial charge in [0.2, 0.25) is 5.76 Å². The molecular formula is C25H15ClN2O4. The number of aryl methyl sites for hydroxylation is 1. The number of benzene rings is 3. The van der Waals surface area contributed by atoms with E-state index in [9.17, 15) is 9.59 Å². The van der Waals surface area contributed by atoms with Crippen molar-refractivity contribution in [1.82, 2.24) is 5.16 Å². The van der Waals surface area contributed by atoms with Crippen molar-refractivity contribution in [2.24, 2.45) is 0 Å². The predicted molar refractivity (Wildman–Crippen MR) is 121 cm³/mol. The van der Waals surface area contributed by atoms with E-state index in [1.807, 2.05) is 30.3 Å². The van der Waals surface area contributed by atoms with Crippen molar-refractivity contribution >= 4 is 45.1 Å². The van der Waals surface area contributed by atoms with Gasteiger partial charge in [0.05, 0.1) is 17.0 Å². The molecule has 0 fully saturated rings. The average molecular weight is 443 g/mol. The van der Waals surface area contributed by atoms with Gasteiger partial charge in [0.1, 0.15) is 11.3 Å². The molecule has 0 saturated carbocycles. The van der Waals surface area contributed by atoms with Crippen LogP contribution in [0, 0.1) is 6.92 Å². The molecular weight excluding hydrogens is 428 g/mol. The first-order valence-corrected chi connectivity index (χ1v) is 10.4. The van der Waals surface area contributed by atoms with E-state index in [0.29, 0.717) is 27.6 Å². The van der Waals surface area contributed by atoms with Crippen molar-refractivity contribution in [1.29, 1.82) is 0 Å². The lowest BCUT2D eigenvalue weighted by molar-refractivity contribution is 0.0969. The largest absolute Gasteiger partial charge is 0.450 e. The zero-order valence-corrected chi connectivity index (χ0v) is 17.6. The number of amides is 1. The van der Waals surface area contributed by atoms with Crippen LogP contribution in [-0.2, 0) is 0 Å². The van der Waals surface area contributed by atoms with E-state index >= 15 is 0 Å². The Hall–Kier alpha value is -3.90. The summed E-state index contributed by atoms with van der Waals surface area (Å²) < 4.78 is 11.4. The minimum Gasteiger partial charge on any atom is -0.450 e. The van der Waals surface area contributed by atoms with Gasteiger partial charge in [-0.15, -0.1) is 0 Å². The molecule has 7 heteroatoms. The summed E-state index contributed by atoms with van der Waals surface area (Å²) >= 11 is 6.08. The standard InChI is InChI=1S/C25H15ClN2O4/c1-13-12-19(27-32-13)28-21(15-6-9-16(26)10-7-15)20-22(29)18-11-8-14-4-2-3-5-17(14)23(18)31-24(20)25(28)30/h2-12,21H,1H3/t21-/m1/s1. The Morgan fingerprint density at radius 3 is 2.50 bits per heavy atom. The SMILES string of the molecule is Cc1cc(N2C(=O)c3oc4c(ccc5ccccc54)c(=O)c3[C@H]2c2ccc(Cl)cc2)no1. The molecule has 0 spiro atoms. The fourth-order valence-corrected chi connectivity index (χ4v) is 4.49. The molecule has 6 nitrogen and oxygen atoms in total. The maximum absolute atomic E-state index is 13.7. The highest BCUT2D eigenvalue weighted by Crippen LogP contribution is 2.41. The Bertz CT molecular complexity index is 1600. The van der Waals surface area contributed by atoms with Crippen LogP contribution in [0.5, 0.6) is 0 Å². The van der Waals surface area contributed by atoms with Crippen molar-refractivity contribution in [3.05, 3.63) is 105 Å². The van der Waals surface area contributed by atoms with Crippen LogP contribution in [-0.4, -0.2) is 11.1 Å². The van der Waals surface area contributed by atoms with Crippen LogP contribution >= 0.6 is 11.6 Å². The summed E-state index contributed by atoms with van der Waals surface area (Å²) in [6, 6.07) is 19.2. The highest BCUT2D eigenvalue weighted by molar-refractivity contribution is 6.30. The van der Waals surface area contributed by atoms with E-state index in [1.165, 1.54) is 4.90 Å². The number of anilines is 1. The van der Waals surface area contributed by atoms with Crippen molar-refractivity contribution in [2.75, 3.05) is 4.90 Å². The summed E-state index contributed by atoms with van der Waals surface area (Å²) in [4.78, 5) is 28.7. The number of rotatable bonds is 2. The Kier molecular flexibility index (Phi) is 4.00. The Balaban J connectivity index is 1.69. The van der Waals surface area contributed by atoms with Gasteiger partial charge >= 0.3 is 0 Å². The number of hydrogen-bond donors (Lipinski definition) is 0. The number of hydrogen-bond acceptors (Lipinski definition) is 5. The molecule has 0 N–H and O–H groups in total. The van der Waals surface area contributed by atoms with E-state index in [4.69, 9.17) is 20.5 Å². The molecule has 3 aromatic carbocycles. The van der Waals surface area contributed by atoms with Gasteiger partial charge in [0.25, 0.3) is 5.91 Å². The molecule has 0 saturated heterocycles. The molecule has 0 bridgehead atoms. The molecule has 2 aromatic heterocycles. The van der Waals surface area contributed by atoms with Crippen LogP contribution in [0.2, 0.25) is 5.02 Å². The average Bonchev–Trinajstić information content (AvgIpc) is 3.35. The van der Waals surface area contributed by atoms with Crippen LogP contribution in [0.4, 0.5) is 5.82 Å². The van der Waals surface area contributed by atoms with Gasteiger partial charge in [-0.25, -0.2) is 0 Å². The van der Waals surface area contributed by atoms with Gasteiger partial charge in [0.15, 0.2) is 11.2 Å². The summed E-state index contributed by atoms with van der Waals surface area (Å²) in [5.74, 6) is 0.431. The molecule has 5 aromatic rings. The summed E-state index contributed by atoms with van der Waals surface area (Å²) in [5.41, 5.74) is 1.15. The fourth-order valence-electron chi connectivity index (χ4n) is 4.36. The van der Waals surface area contributed by atoms with Crippen LogP contribution in [0.25, 0.3) is 21.7 Å². The number of carbonyl (C=O) groups excluding carboxylic acids is 1. The van der Waals surface area contributed by atoms with Crippen LogP contribution in [0.15, 0.2) is 80.5 Å². The van der Waals surface area contributed by atoms with E-state index in [0.717, 1.165) is 16.3 Å². The second kappa shape index (κ2) is 6.80. The minimum absolute atomic E-state index is 0.0134. The molecule has 0 aliphatic carbocycles. The minimum atomic E-state index is -0.716. The number of fused-ring (bicyclic) bond motifs is 4. The third-order valence-corrected chi connectivity index (χ3v) is 6.06. The Morgan fingerprint density at radius 2 is 1.75 bits per heavy atom. The van der Waals surface area contributed by atoms with Crippen molar-refractivity contribution in [2.45, 2.75) is 13.0 Å². The van der Waals surface area contributed by atoms with Gasteiger partial charge in [-0.2, -0.15) is 0 Å². The van der Waals surface area contributed by atoms with E-state index in [-0.39, 0.29) is 16.8 Å². The quantitative estimate of drug-likeness (QED) is 0.330. The lowest BCUT2D eigenvalue weighted by Gasteiger charge is -2.22. The van der Waals surface area contributed by atoms with Gasteiger partial charge in [-0.3, -0.25) is 14.5 Å². The summed E-state index contributed by atoms with van der Waals surface area (Å²) in [7, 11) is 0. The molecule has 32 heavy (non-hydrogen) atoms. The molecule has 1 amide bonds. The summed E-state index contributed by atoms with van der Waals surface area (Å²) in [5, 5.41) is 6.71. The molecule has 3 heterocycles. The Labute approximate surface area is 186 Å². The maximum Gasteiger partial charge on any atom is 0.296 e. The Morgan fingerprint density at radius 1 is 0.969 bits per heavy atom. The molecule has 0 unspecified atom stereocenters.